The van der Waals surface area contributed by atoms with Crippen LogP contribution in [0.2, 0.25) is 0 Å². The minimum Gasteiger partial charge on any atom is -1.00 e. The summed E-state index contributed by atoms with van der Waals surface area (Å²) < 4.78 is 5.75. The largest absolute Gasteiger partial charge is 1.00 e. The Bertz CT molecular complexity index is 572. The molecule has 0 spiro atoms. The quantitative estimate of drug-likeness (QED) is 0.424. The van der Waals surface area contributed by atoms with Crippen LogP contribution in [0.5, 0.6) is 11.5 Å². The summed E-state index contributed by atoms with van der Waals surface area (Å²) in [5.41, 5.74) is 14.9. The SMILES string of the molecule is Nc1ccc2c(c1)Oc1c(N)cccc1[NH2+]2.[Cl-]. The van der Waals surface area contributed by atoms with E-state index in [4.69, 9.17) is 16.2 Å². The number of nitrogen functional groups attached to an aromatic ring is 2. The molecule has 5 heteroatoms. The predicted octanol–water partition coefficient (Wildman–Crippen LogP) is -1.51. The summed E-state index contributed by atoms with van der Waals surface area (Å²) in [6, 6.07) is 11.3. The van der Waals surface area contributed by atoms with Gasteiger partial charge in [-0.25, -0.2) is 0 Å². The average Bonchev–Trinajstić information content (AvgIpc) is 2.28. The maximum absolute atomic E-state index is 5.86. The third-order valence-corrected chi connectivity index (χ3v) is 2.64. The number of fused-ring (bicyclic) bond motifs is 2. The number of para-hydroxylation sites is 1. The van der Waals surface area contributed by atoms with E-state index in [1.807, 2.05) is 35.6 Å². The highest BCUT2D eigenvalue weighted by Crippen LogP contribution is 2.39. The van der Waals surface area contributed by atoms with Crippen molar-refractivity contribution in [1.82, 2.24) is 0 Å². The van der Waals surface area contributed by atoms with E-state index in [-0.39, 0.29) is 12.4 Å². The number of benzene rings is 2. The van der Waals surface area contributed by atoms with E-state index in [0.29, 0.717) is 17.1 Å². The van der Waals surface area contributed by atoms with Crippen molar-refractivity contribution >= 4 is 22.7 Å². The first-order chi connectivity index (χ1) is 7.74. The van der Waals surface area contributed by atoms with Crippen molar-refractivity contribution in [3.8, 4) is 11.5 Å². The lowest BCUT2D eigenvalue weighted by Gasteiger charge is -2.18. The summed E-state index contributed by atoms with van der Waals surface area (Å²) in [6.45, 7) is 0. The van der Waals surface area contributed by atoms with Crippen LogP contribution in [0.25, 0.3) is 0 Å². The molecule has 4 nitrogen and oxygen atoms in total. The van der Waals surface area contributed by atoms with Crippen LogP contribution < -0.4 is 33.9 Å². The maximum Gasteiger partial charge on any atom is 0.211 e. The zero-order valence-corrected chi connectivity index (χ0v) is 9.74. The molecule has 2 aromatic rings. The summed E-state index contributed by atoms with van der Waals surface area (Å²) in [5, 5.41) is 2.05. The van der Waals surface area contributed by atoms with Crippen LogP contribution in [0.4, 0.5) is 22.7 Å². The van der Waals surface area contributed by atoms with Crippen LogP contribution in [-0.2, 0) is 0 Å². The molecule has 2 aromatic carbocycles. The van der Waals surface area contributed by atoms with E-state index in [1.54, 1.807) is 6.07 Å². The van der Waals surface area contributed by atoms with Crippen LogP contribution in [0.1, 0.15) is 0 Å². The van der Waals surface area contributed by atoms with Crippen molar-refractivity contribution in [3.63, 3.8) is 0 Å². The molecule has 0 saturated carbocycles. The highest BCUT2D eigenvalue weighted by molar-refractivity contribution is 5.69. The molecule has 0 saturated heterocycles. The second kappa shape index (κ2) is 4.16. The van der Waals surface area contributed by atoms with Crippen LogP contribution in [-0.4, -0.2) is 0 Å². The van der Waals surface area contributed by atoms with E-state index in [0.717, 1.165) is 17.1 Å². The summed E-state index contributed by atoms with van der Waals surface area (Å²) in [6.07, 6.45) is 0. The van der Waals surface area contributed by atoms with Gasteiger partial charge in [-0.2, -0.15) is 0 Å². The van der Waals surface area contributed by atoms with Crippen molar-refractivity contribution in [2.45, 2.75) is 0 Å². The summed E-state index contributed by atoms with van der Waals surface area (Å²) in [5.74, 6) is 1.46. The van der Waals surface area contributed by atoms with Crippen molar-refractivity contribution in [1.29, 1.82) is 0 Å². The topological polar surface area (TPSA) is 77.9 Å². The number of nitrogens with two attached hydrogens (primary N) is 3. The lowest BCUT2D eigenvalue weighted by Crippen LogP contribution is -3.00. The standard InChI is InChI=1S/C12H11N3O.ClH/c13-7-4-5-9-11(6-7)16-12-8(14)2-1-3-10(12)15-9;/h1-6,15H,13-14H2;1H. The number of ether oxygens (including phenoxy) is 1. The zero-order chi connectivity index (χ0) is 11.1. The fourth-order valence-corrected chi connectivity index (χ4v) is 1.84. The van der Waals surface area contributed by atoms with Gasteiger partial charge in [-0.05, 0) is 12.1 Å². The Morgan fingerprint density at radius 1 is 1.00 bits per heavy atom. The Morgan fingerprint density at radius 3 is 2.65 bits per heavy atom. The summed E-state index contributed by atoms with van der Waals surface area (Å²) >= 11 is 0. The highest BCUT2D eigenvalue weighted by Gasteiger charge is 2.22. The van der Waals surface area contributed by atoms with E-state index in [9.17, 15) is 0 Å². The number of rotatable bonds is 0. The Labute approximate surface area is 105 Å². The van der Waals surface area contributed by atoms with Gasteiger partial charge in [0, 0.05) is 23.9 Å². The third kappa shape index (κ3) is 1.88. The van der Waals surface area contributed by atoms with Crippen LogP contribution in [0.3, 0.4) is 0 Å². The molecule has 0 bridgehead atoms. The highest BCUT2D eigenvalue weighted by atomic mass is 35.5. The number of hydrogen-bond acceptors (Lipinski definition) is 3. The van der Waals surface area contributed by atoms with Gasteiger partial charge in [-0.3, -0.25) is 5.32 Å². The van der Waals surface area contributed by atoms with Gasteiger partial charge in [0.25, 0.3) is 0 Å². The molecular formula is C12H12ClN3O. The molecular weight excluding hydrogens is 238 g/mol. The maximum atomic E-state index is 5.86. The van der Waals surface area contributed by atoms with Crippen LogP contribution in [0.15, 0.2) is 36.4 Å². The summed E-state index contributed by atoms with van der Waals surface area (Å²) in [7, 11) is 0. The second-order valence-electron chi connectivity index (χ2n) is 3.81. The predicted molar refractivity (Wildman–Crippen MR) is 63.0 cm³/mol. The molecule has 0 radical (unpaired) electrons. The lowest BCUT2D eigenvalue weighted by atomic mass is 10.2. The molecule has 88 valence electrons. The van der Waals surface area contributed by atoms with Gasteiger partial charge in [-0.1, -0.05) is 6.07 Å². The molecule has 0 aliphatic carbocycles. The van der Waals surface area contributed by atoms with Crippen LogP contribution >= 0.6 is 0 Å². The van der Waals surface area contributed by atoms with Gasteiger partial charge in [0.2, 0.25) is 5.75 Å². The molecule has 0 aromatic heterocycles. The van der Waals surface area contributed by atoms with E-state index < -0.39 is 0 Å². The molecule has 0 fully saturated rings. The van der Waals surface area contributed by atoms with E-state index in [1.165, 1.54) is 0 Å². The van der Waals surface area contributed by atoms with Gasteiger partial charge in [0.15, 0.2) is 17.1 Å². The van der Waals surface area contributed by atoms with Gasteiger partial charge >= 0.3 is 0 Å². The van der Waals surface area contributed by atoms with E-state index in [2.05, 4.69) is 0 Å². The minimum absolute atomic E-state index is 0. The van der Waals surface area contributed by atoms with Crippen molar-refractivity contribution in [2.24, 2.45) is 0 Å². The molecule has 0 atom stereocenters. The Balaban J connectivity index is 0.00000108. The zero-order valence-electron chi connectivity index (χ0n) is 8.98. The smallest absolute Gasteiger partial charge is 0.211 e. The first kappa shape index (κ1) is 11.6. The minimum atomic E-state index is 0. The molecule has 0 unspecified atom stereocenters. The van der Waals surface area contributed by atoms with Crippen molar-refractivity contribution < 1.29 is 22.5 Å². The molecule has 17 heavy (non-hydrogen) atoms. The molecule has 0 amide bonds. The average molecular weight is 250 g/mol. The number of halogens is 1. The van der Waals surface area contributed by atoms with Gasteiger partial charge in [0.05, 0.1) is 5.69 Å². The number of anilines is 2. The third-order valence-electron chi connectivity index (χ3n) is 2.64. The van der Waals surface area contributed by atoms with Crippen LogP contribution in [0, 0.1) is 0 Å². The first-order valence-electron chi connectivity index (χ1n) is 5.04. The Hall–Kier alpha value is -1.91. The van der Waals surface area contributed by atoms with Gasteiger partial charge in [0.1, 0.15) is 0 Å². The number of hydrogen-bond donors (Lipinski definition) is 3. The summed E-state index contributed by atoms with van der Waals surface area (Å²) in [4.78, 5) is 0. The monoisotopic (exact) mass is 249 g/mol. The molecule has 6 N–H and O–H groups in total. The normalized spacial score (nSPS) is 11.8. The fraction of sp³-hybridized carbons (Fsp3) is 0. The fourth-order valence-electron chi connectivity index (χ4n) is 1.84. The lowest BCUT2D eigenvalue weighted by molar-refractivity contribution is -0.483. The number of quaternary nitrogens is 1. The van der Waals surface area contributed by atoms with Crippen molar-refractivity contribution in [3.05, 3.63) is 36.4 Å². The van der Waals surface area contributed by atoms with Gasteiger partial charge < -0.3 is 28.6 Å². The molecule has 1 aliphatic heterocycles. The molecule has 1 aliphatic rings. The Morgan fingerprint density at radius 2 is 1.82 bits per heavy atom. The molecule has 1 heterocycles. The molecule has 3 rings (SSSR count). The van der Waals surface area contributed by atoms with E-state index >= 15 is 0 Å². The second-order valence-corrected chi connectivity index (χ2v) is 3.81. The first-order valence-corrected chi connectivity index (χ1v) is 5.04. The van der Waals surface area contributed by atoms with Gasteiger partial charge in [-0.15, -0.1) is 0 Å². The Kier molecular flexibility index (Phi) is 2.83. The van der Waals surface area contributed by atoms with Crippen molar-refractivity contribution in [2.75, 3.05) is 11.5 Å².